The van der Waals surface area contributed by atoms with E-state index < -0.39 is 11.5 Å². The van der Waals surface area contributed by atoms with Gasteiger partial charge in [-0.1, -0.05) is 49.4 Å². The Morgan fingerprint density at radius 3 is 2.10 bits per heavy atom. The van der Waals surface area contributed by atoms with Crippen LogP contribution in [0.25, 0.3) is 0 Å². The Balaban J connectivity index is 3.03. The van der Waals surface area contributed by atoms with Gasteiger partial charge in [0.15, 0.2) is 23.0 Å². The minimum atomic E-state index is -0.495. The van der Waals surface area contributed by atoms with Crippen LogP contribution in [-0.2, 0) is 0 Å². The van der Waals surface area contributed by atoms with Gasteiger partial charge in [-0.15, -0.1) is 0 Å². The molecule has 0 saturated carbocycles. The lowest BCUT2D eigenvalue weighted by molar-refractivity contribution is 0.0973. The van der Waals surface area contributed by atoms with Crippen molar-refractivity contribution in [3.05, 3.63) is 15.6 Å². The molecular formula is C14H18Cl2O4. The first-order valence-corrected chi connectivity index (χ1v) is 7.21. The van der Waals surface area contributed by atoms with E-state index in [2.05, 4.69) is 6.92 Å². The van der Waals surface area contributed by atoms with Crippen LogP contribution in [-0.4, -0.2) is 23.1 Å². The molecule has 1 aromatic carbocycles. The van der Waals surface area contributed by atoms with Crippen molar-refractivity contribution in [1.29, 1.82) is 0 Å². The van der Waals surface area contributed by atoms with Crippen molar-refractivity contribution < 1.29 is 19.7 Å². The maximum atomic E-state index is 12.1. The van der Waals surface area contributed by atoms with Gasteiger partial charge in [-0.05, 0) is 6.42 Å². The largest absolute Gasteiger partial charge is 0.505 e. The normalized spacial score (nSPS) is 10.6. The van der Waals surface area contributed by atoms with Crippen molar-refractivity contribution in [3.8, 4) is 17.2 Å². The molecule has 0 aliphatic carbocycles. The average molecular weight is 321 g/mol. The number of benzene rings is 1. The zero-order valence-electron chi connectivity index (χ0n) is 11.5. The fourth-order valence-corrected chi connectivity index (χ4v) is 2.50. The van der Waals surface area contributed by atoms with Crippen LogP contribution in [0.3, 0.4) is 0 Å². The van der Waals surface area contributed by atoms with Crippen LogP contribution < -0.4 is 4.74 Å². The molecule has 20 heavy (non-hydrogen) atoms. The molecule has 6 heteroatoms. The van der Waals surface area contributed by atoms with E-state index in [1.807, 2.05) is 0 Å². The molecule has 0 aliphatic heterocycles. The fraction of sp³-hybridized carbons (Fsp3) is 0.500. The number of ether oxygens (including phenoxy) is 1. The third kappa shape index (κ3) is 3.49. The maximum Gasteiger partial charge on any atom is 0.170 e. The zero-order valence-corrected chi connectivity index (χ0v) is 13.0. The van der Waals surface area contributed by atoms with E-state index >= 15 is 0 Å². The topological polar surface area (TPSA) is 66.8 Å². The second-order valence-corrected chi connectivity index (χ2v) is 5.22. The number of hydrogen-bond donors (Lipinski definition) is 2. The molecule has 0 aromatic heterocycles. The quantitative estimate of drug-likeness (QED) is 0.570. The van der Waals surface area contributed by atoms with Crippen molar-refractivity contribution in [1.82, 2.24) is 0 Å². The summed E-state index contributed by atoms with van der Waals surface area (Å²) in [6.45, 7) is 2.07. The molecule has 0 aliphatic rings. The number of rotatable bonds is 7. The number of carbonyl (C=O) groups excluding carboxylic acids is 1. The first-order chi connectivity index (χ1) is 9.45. The van der Waals surface area contributed by atoms with E-state index in [4.69, 9.17) is 27.9 Å². The van der Waals surface area contributed by atoms with Gasteiger partial charge in [0.25, 0.3) is 0 Å². The summed E-state index contributed by atoms with van der Waals surface area (Å²) in [5.74, 6) is -1.43. The van der Waals surface area contributed by atoms with Gasteiger partial charge in [0.05, 0.1) is 7.11 Å². The molecule has 0 radical (unpaired) electrons. The minimum Gasteiger partial charge on any atom is -0.505 e. The molecule has 0 unspecified atom stereocenters. The maximum absolute atomic E-state index is 12.1. The number of ketones is 1. The van der Waals surface area contributed by atoms with E-state index in [9.17, 15) is 15.0 Å². The van der Waals surface area contributed by atoms with Gasteiger partial charge in [0.2, 0.25) is 0 Å². The Morgan fingerprint density at radius 2 is 1.65 bits per heavy atom. The second-order valence-electron chi connectivity index (χ2n) is 4.47. The monoisotopic (exact) mass is 320 g/mol. The van der Waals surface area contributed by atoms with Crippen LogP contribution in [0.1, 0.15) is 49.4 Å². The van der Waals surface area contributed by atoms with Crippen molar-refractivity contribution in [2.75, 3.05) is 7.11 Å². The number of hydrogen-bond acceptors (Lipinski definition) is 4. The summed E-state index contributed by atoms with van der Waals surface area (Å²) in [7, 11) is 1.30. The van der Waals surface area contributed by atoms with E-state index in [0.29, 0.717) is 6.42 Å². The molecule has 0 fully saturated rings. The van der Waals surface area contributed by atoms with Gasteiger partial charge in [0, 0.05) is 6.42 Å². The predicted molar refractivity (Wildman–Crippen MR) is 79.4 cm³/mol. The number of Topliss-reactive ketones (excluding diaryl/α,β-unsaturated/α-hetero) is 1. The van der Waals surface area contributed by atoms with Crippen molar-refractivity contribution >= 4 is 29.0 Å². The third-order valence-electron chi connectivity index (χ3n) is 3.03. The van der Waals surface area contributed by atoms with E-state index in [0.717, 1.165) is 19.3 Å². The summed E-state index contributed by atoms with van der Waals surface area (Å²) in [4.78, 5) is 12.1. The predicted octanol–water partition coefficient (Wildman–Crippen LogP) is 4.57. The summed E-state index contributed by atoms with van der Waals surface area (Å²) in [5.41, 5.74) is -0.239. The lowest BCUT2D eigenvalue weighted by atomic mass is 10.0. The highest BCUT2D eigenvalue weighted by Crippen LogP contribution is 2.48. The molecule has 4 nitrogen and oxygen atoms in total. The van der Waals surface area contributed by atoms with Gasteiger partial charge < -0.3 is 14.9 Å². The summed E-state index contributed by atoms with van der Waals surface area (Å²) >= 11 is 11.8. The molecule has 0 bridgehead atoms. The Bertz CT molecular complexity index is 471. The molecule has 0 spiro atoms. The molecule has 2 N–H and O–H groups in total. The Kier molecular flexibility index (Phi) is 6.43. The average Bonchev–Trinajstić information content (AvgIpc) is 2.42. The summed E-state index contributed by atoms with van der Waals surface area (Å²) in [5, 5.41) is 19.5. The standard InChI is InChI=1S/C14H18Cl2O4/c1-3-4-5-6-7-8(17)9-12(18)10(15)14(20-2)11(16)13(9)19/h18-19H,3-7H2,1-2H3. The first kappa shape index (κ1) is 16.9. The summed E-state index contributed by atoms with van der Waals surface area (Å²) in [6.07, 6.45) is 3.93. The highest BCUT2D eigenvalue weighted by atomic mass is 35.5. The van der Waals surface area contributed by atoms with Gasteiger partial charge in [0.1, 0.15) is 15.6 Å². The van der Waals surface area contributed by atoms with Gasteiger partial charge in [-0.25, -0.2) is 0 Å². The highest BCUT2D eigenvalue weighted by molar-refractivity contribution is 6.40. The van der Waals surface area contributed by atoms with Crippen LogP contribution >= 0.6 is 23.2 Å². The van der Waals surface area contributed by atoms with Gasteiger partial charge in [-0.2, -0.15) is 0 Å². The lowest BCUT2D eigenvalue weighted by Gasteiger charge is -2.13. The summed E-state index contributed by atoms with van der Waals surface area (Å²) < 4.78 is 4.89. The number of phenols is 2. The van der Waals surface area contributed by atoms with Crippen LogP contribution in [0.5, 0.6) is 17.2 Å². The first-order valence-electron chi connectivity index (χ1n) is 6.45. The van der Waals surface area contributed by atoms with Crippen LogP contribution in [0.2, 0.25) is 10.0 Å². The lowest BCUT2D eigenvalue weighted by Crippen LogP contribution is -2.02. The van der Waals surface area contributed by atoms with Crippen molar-refractivity contribution in [2.45, 2.75) is 39.0 Å². The van der Waals surface area contributed by atoms with Gasteiger partial charge in [-0.3, -0.25) is 4.79 Å². The zero-order chi connectivity index (χ0) is 15.3. The van der Waals surface area contributed by atoms with Crippen LogP contribution in [0.4, 0.5) is 0 Å². The number of carbonyl (C=O) groups is 1. The van der Waals surface area contributed by atoms with Crippen molar-refractivity contribution in [2.24, 2.45) is 0 Å². The number of methoxy groups -OCH3 is 1. The Labute approximate surface area is 128 Å². The number of halogens is 2. The van der Waals surface area contributed by atoms with E-state index in [1.54, 1.807) is 0 Å². The molecule has 112 valence electrons. The second kappa shape index (κ2) is 7.60. The third-order valence-corrected chi connectivity index (χ3v) is 3.73. The highest BCUT2D eigenvalue weighted by Gasteiger charge is 2.26. The number of unbranched alkanes of at least 4 members (excludes halogenated alkanes) is 3. The number of phenolic OH excluding ortho intramolecular Hbond substituents is 2. The molecule has 1 aromatic rings. The van der Waals surface area contributed by atoms with Crippen LogP contribution in [0, 0.1) is 0 Å². The van der Waals surface area contributed by atoms with E-state index in [-0.39, 0.29) is 33.6 Å². The molecule has 0 amide bonds. The molecule has 1 rings (SSSR count). The van der Waals surface area contributed by atoms with Gasteiger partial charge >= 0.3 is 0 Å². The minimum absolute atomic E-state index is 0.0501. The molecule has 0 heterocycles. The SMILES string of the molecule is CCCCCCC(=O)c1c(O)c(Cl)c(OC)c(Cl)c1O. The van der Waals surface area contributed by atoms with E-state index in [1.165, 1.54) is 7.11 Å². The molecular weight excluding hydrogens is 303 g/mol. The van der Waals surface area contributed by atoms with Crippen molar-refractivity contribution in [3.63, 3.8) is 0 Å². The number of aromatic hydroxyl groups is 2. The van der Waals surface area contributed by atoms with Crippen LogP contribution in [0.15, 0.2) is 0 Å². The summed E-state index contributed by atoms with van der Waals surface area (Å²) in [6, 6.07) is 0. The molecule has 0 atom stereocenters. The smallest absolute Gasteiger partial charge is 0.170 e. The fourth-order valence-electron chi connectivity index (χ4n) is 1.92. The molecule has 0 saturated heterocycles. The Hall–Kier alpha value is -1.13. The Morgan fingerprint density at radius 1 is 1.10 bits per heavy atom.